The molecule has 0 saturated heterocycles. The van der Waals surface area contributed by atoms with Gasteiger partial charge in [0.05, 0.1) is 0 Å². The molecule has 0 radical (unpaired) electrons. The molecule has 0 atom stereocenters. The van der Waals surface area contributed by atoms with Gasteiger partial charge in [-0.1, -0.05) is 14.4 Å². The number of nitrogens with one attached hydrogen (secondary N) is 3. The lowest BCUT2D eigenvalue weighted by atomic mass is 10.7. The molecule has 2 amide bonds. The number of rotatable bonds is 1. The van der Waals surface area contributed by atoms with Crippen molar-refractivity contribution in [3.63, 3.8) is 0 Å². The van der Waals surface area contributed by atoms with Gasteiger partial charge in [0.25, 0.3) is 0 Å². The van der Waals surface area contributed by atoms with Crippen molar-refractivity contribution in [3.05, 3.63) is 0 Å². The van der Waals surface area contributed by atoms with Gasteiger partial charge in [-0.15, -0.1) is 0 Å². The van der Waals surface area contributed by atoms with Crippen molar-refractivity contribution >= 4 is 11.8 Å². The fourth-order valence-corrected chi connectivity index (χ4v) is 0. The van der Waals surface area contributed by atoms with E-state index < -0.39 is 0 Å². The molecule has 0 aliphatic heterocycles. The van der Waals surface area contributed by atoms with Crippen LogP contribution in [0.5, 0.6) is 0 Å². The number of carbonyl (C=O) groups excluding carboxylic acids is 2. The SMILES string of the molecule is C.CCNC.CNC(C)=O.CNC(C)=O. The first-order chi connectivity index (χ1) is 6.45. The van der Waals surface area contributed by atoms with Crippen LogP contribution < -0.4 is 16.0 Å². The van der Waals surface area contributed by atoms with Gasteiger partial charge in [0.2, 0.25) is 11.8 Å². The van der Waals surface area contributed by atoms with Crippen LogP contribution in [-0.2, 0) is 9.59 Å². The summed E-state index contributed by atoms with van der Waals surface area (Å²) >= 11 is 0. The zero-order valence-electron chi connectivity index (χ0n) is 10.0. The Hall–Kier alpha value is -1.10. The first-order valence-corrected chi connectivity index (χ1v) is 4.47. The van der Waals surface area contributed by atoms with Crippen molar-refractivity contribution in [3.8, 4) is 0 Å². The quantitative estimate of drug-likeness (QED) is 0.599. The molecule has 0 aromatic rings. The zero-order chi connectivity index (χ0) is 12.0. The highest BCUT2D eigenvalue weighted by atomic mass is 16.1. The number of carbonyl (C=O) groups is 2. The molecule has 15 heavy (non-hydrogen) atoms. The van der Waals surface area contributed by atoms with Crippen LogP contribution in [0.1, 0.15) is 28.2 Å². The standard InChI is InChI=1S/2C3H7NO.C3H9N.CH4/c2*1-3(5)4-2;1-3-4-2;/h2*1-2H3,(H,4,5);4H,3H2,1-2H3;1H4. The van der Waals surface area contributed by atoms with E-state index in [1.165, 1.54) is 13.8 Å². The molecule has 0 aromatic heterocycles. The molecule has 94 valence electrons. The molecule has 0 rings (SSSR count). The molecule has 5 nitrogen and oxygen atoms in total. The van der Waals surface area contributed by atoms with Crippen molar-refractivity contribution in [2.45, 2.75) is 28.2 Å². The molecule has 0 aliphatic carbocycles. The van der Waals surface area contributed by atoms with Gasteiger partial charge < -0.3 is 16.0 Å². The molecule has 5 heteroatoms. The first-order valence-electron chi connectivity index (χ1n) is 4.47. The third kappa shape index (κ3) is 101. The summed E-state index contributed by atoms with van der Waals surface area (Å²) in [6, 6.07) is 0. The van der Waals surface area contributed by atoms with E-state index in [9.17, 15) is 9.59 Å². The van der Waals surface area contributed by atoms with Crippen LogP contribution in [0.15, 0.2) is 0 Å². The molecular formula is C10H27N3O2. The van der Waals surface area contributed by atoms with Gasteiger partial charge in [0.15, 0.2) is 0 Å². The number of amides is 2. The molecule has 0 spiro atoms. The summed E-state index contributed by atoms with van der Waals surface area (Å²) in [7, 11) is 5.13. The summed E-state index contributed by atoms with van der Waals surface area (Å²) < 4.78 is 0. The molecule has 0 heterocycles. The van der Waals surface area contributed by atoms with Crippen LogP contribution in [-0.4, -0.2) is 39.5 Å². The summed E-state index contributed by atoms with van der Waals surface area (Å²) in [5, 5.41) is 7.71. The van der Waals surface area contributed by atoms with Gasteiger partial charge in [-0.05, 0) is 13.6 Å². The number of hydrogen-bond donors (Lipinski definition) is 3. The Kier molecular flexibility index (Phi) is 36.3. The fraction of sp³-hybridized carbons (Fsp3) is 0.800. The average molecular weight is 221 g/mol. The van der Waals surface area contributed by atoms with Crippen LogP contribution in [0, 0.1) is 0 Å². The Labute approximate surface area is 94.0 Å². The highest BCUT2D eigenvalue weighted by Gasteiger charge is 1.73. The van der Waals surface area contributed by atoms with Crippen molar-refractivity contribution in [1.29, 1.82) is 0 Å². The third-order valence-corrected chi connectivity index (χ3v) is 1.06. The van der Waals surface area contributed by atoms with Crippen LogP contribution in [0.25, 0.3) is 0 Å². The van der Waals surface area contributed by atoms with E-state index in [1.807, 2.05) is 7.05 Å². The molecular weight excluding hydrogens is 194 g/mol. The maximum Gasteiger partial charge on any atom is 0.216 e. The van der Waals surface area contributed by atoms with Gasteiger partial charge >= 0.3 is 0 Å². The van der Waals surface area contributed by atoms with Gasteiger partial charge in [-0.3, -0.25) is 9.59 Å². The van der Waals surface area contributed by atoms with Gasteiger partial charge in [-0.25, -0.2) is 0 Å². The van der Waals surface area contributed by atoms with Crippen LogP contribution in [0.4, 0.5) is 0 Å². The Bertz CT molecular complexity index is 123. The second-order valence-corrected chi connectivity index (χ2v) is 2.32. The maximum absolute atomic E-state index is 9.70. The fourth-order valence-electron chi connectivity index (χ4n) is 0. The van der Waals surface area contributed by atoms with Crippen LogP contribution in [0.2, 0.25) is 0 Å². The topological polar surface area (TPSA) is 70.2 Å². The molecule has 0 aromatic carbocycles. The van der Waals surface area contributed by atoms with Crippen molar-refractivity contribution in [2.75, 3.05) is 27.7 Å². The van der Waals surface area contributed by atoms with Crippen molar-refractivity contribution < 1.29 is 9.59 Å². The van der Waals surface area contributed by atoms with Gasteiger partial charge in [0, 0.05) is 27.9 Å². The van der Waals surface area contributed by atoms with Crippen LogP contribution >= 0.6 is 0 Å². The van der Waals surface area contributed by atoms with E-state index in [-0.39, 0.29) is 19.2 Å². The Morgan fingerprint density at radius 2 is 1.07 bits per heavy atom. The Morgan fingerprint density at radius 3 is 1.07 bits per heavy atom. The lowest BCUT2D eigenvalue weighted by molar-refractivity contribution is -0.119. The van der Waals surface area contributed by atoms with Crippen molar-refractivity contribution in [1.82, 2.24) is 16.0 Å². The molecule has 0 bridgehead atoms. The molecule has 0 aliphatic rings. The lowest BCUT2D eigenvalue weighted by Crippen LogP contribution is -2.11. The highest BCUT2D eigenvalue weighted by molar-refractivity contribution is 5.72. The van der Waals surface area contributed by atoms with Crippen LogP contribution in [0.3, 0.4) is 0 Å². The zero-order valence-corrected chi connectivity index (χ0v) is 10.0. The van der Waals surface area contributed by atoms with E-state index in [0.29, 0.717) is 0 Å². The van der Waals surface area contributed by atoms with E-state index in [1.54, 1.807) is 14.1 Å². The summed E-state index contributed by atoms with van der Waals surface area (Å²) in [5.74, 6) is 0.00926. The second-order valence-electron chi connectivity index (χ2n) is 2.32. The predicted molar refractivity (Wildman–Crippen MR) is 65.8 cm³/mol. The Morgan fingerprint density at radius 1 is 0.933 bits per heavy atom. The second kappa shape index (κ2) is 23.1. The predicted octanol–water partition coefficient (Wildman–Crippen LogP) is 0.366. The lowest BCUT2D eigenvalue weighted by Gasteiger charge is -1.80. The summed E-state index contributed by atoms with van der Waals surface area (Å²) in [6.45, 7) is 6.08. The normalized spacial score (nSPS) is 6.53. The summed E-state index contributed by atoms with van der Waals surface area (Å²) in [5.41, 5.74) is 0. The average Bonchev–Trinajstić information content (AvgIpc) is 2.19. The smallest absolute Gasteiger partial charge is 0.216 e. The summed E-state index contributed by atoms with van der Waals surface area (Å²) in [6.07, 6.45) is 0. The summed E-state index contributed by atoms with van der Waals surface area (Å²) in [4.78, 5) is 19.4. The van der Waals surface area contributed by atoms with Gasteiger partial charge in [-0.2, -0.15) is 0 Å². The molecule has 3 N–H and O–H groups in total. The van der Waals surface area contributed by atoms with Gasteiger partial charge in [0.1, 0.15) is 0 Å². The highest BCUT2D eigenvalue weighted by Crippen LogP contribution is 1.45. The van der Waals surface area contributed by atoms with E-state index in [4.69, 9.17) is 0 Å². The monoisotopic (exact) mass is 221 g/mol. The number of hydrogen-bond acceptors (Lipinski definition) is 3. The van der Waals surface area contributed by atoms with Crippen molar-refractivity contribution in [2.24, 2.45) is 0 Å². The maximum atomic E-state index is 9.70. The largest absolute Gasteiger partial charge is 0.359 e. The minimum absolute atomic E-state index is 0. The van der Waals surface area contributed by atoms with E-state index in [2.05, 4.69) is 22.9 Å². The molecule has 0 fully saturated rings. The first kappa shape index (κ1) is 23.6. The molecule has 0 unspecified atom stereocenters. The van der Waals surface area contributed by atoms with E-state index >= 15 is 0 Å². The minimum atomic E-state index is 0. The van der Waals surface area contributed by atoms with E-state index in [0.717, 1.165) is 6.54 Å². The minimum Gasteiger partial charge on any atom is -0.359 e. The Balaban J connectivity index is -0.0000000590. The molecule has 0 saturated carbocycles. The third-order valence-electron chi connectivity index (χ3n) is 1.06.